The van der Waals surface area contributed by atoms with E-state index in [-0.39, 0.29) is 54.1 Å². The molecule has 1 atom stereocenters. The van der Waals surface area contributed by atoms with E-state index in [2.05, 4.69) is 5.32 Å². The molecule has 0 bridgehead atoms. The largest absolute Gasteiger partial charge is 0.349 e. The number of carbonyl (C=O) groups excluding carboxylic acids is 4. The van der Waals surface area contributed by atoms with Gasteiger partial charge >= 0.3 is 0 Å². The molecule has 1 aliphatic rings. The number of hydrogen-bond donors (Lipinski definition) is 1. The zero-order valence-corrected chi connectivity index (χ0v) is 14.2. The Morgan fingerprint density at radius 2 is 2.05 bits per heavy atom. The smallest absolute Gasteiger partial charge is 0.242 e. The number of likely N-dealkylation sites (tertiary alicyclic amines) is 1. The standard InChI is InChI=1S/C15H24N2O4S/c1-4-6-17-14(20)8-12(15(17)21)22-7-5-13(19)16-9-11(18)10(2)3/h10,12H,4-9H2,1-3H3,(H,16,19). The predicted octanol–water partition coefficient (Wildman–Crippen LogP) is 0.988. The van der Waals surface area contributed by atoms with Gasteiger partial charge in [-0.3, -0.25) is 24.1 Å². The van der Waals surface area contributed by atoms with Crippen LogP contribution >= 0.6 is 11.8 Å². The maximum absolute atomic E-state index is 12.0. The average molecular weight is 328 g/mol. The van der Waals surface area contributed by atoms with Crippen molar-refractivity contribution < 1.29 is 19.2 Å². The molecule has 0 aromatic heterocycles. The third-order valence-electron chi connectivity index (χ3n) is 3.40. The third-order valence-corrected chi connectivity index (χ3v) is 4.61. The Labute approximate surface area is 135 Å². The van der Waals surface area contributed by atoms with Crippen molar-refractivity contribution in [2.24, 2.45) is 5.92 Å². The SMILES string of the molecule is CCCN1C(=O)CC(SCCC(=O)NCC(=O)C(C)C)C1=O. The molecule has 0 aromatic carbocycles. The van der Waals surface area contributed by atoms with Crippen LogP contribution < -0.4 is 5.32 Å². The van der Waals surface area contributed by atoms with Gasteiger partial charge in [0.25, 0.3) is 0 Å². The second-order valence-corrected chi connectivity index (χ2v) is 6.91. The van der Waals surface area contributed by atoms with Gasteiger partial charge in [0.2, 0.25) is 17.7 Å². The molecule has 1 aliphatic heterocycles. The molecular weight excluding hydrogens is 304 g/mol. The van der Waals surface area contributed by atoms with Crippen molar-refractivity contribution >= 4 is 35.3 Å². The normalized spacial score (nSPS) is 18.2. The van der Waals surface area contributed by atoms with Crippen molar-refractivity contribution in [1.82, 2.24) is 10.2 Å². The van der Waals surface area contributed by atoms with Crippen molar-refractivity contribution in [3.05, 3.63) is 0 Å². The fourth-order valence-corrected chi connectivity index (χ4v) is 3.13. The summed E-state index contributed by atoms with van der Waals surface area (Å²) in [5.41, 5.74) is 0. The molecule has 7 heteroatoms. The van der Waals surface area contributed by atoms with Crippen LogP contribution in [-0.2, 0) is 19.2 Å². The van der Waals surface area contributed by atoms with Gasteiger partial charge in [-0.25, -0.2) is 0 Å². The van der Waals surface area contributed by atoms with Crippen molar-refractivity contribution in [3.63, 3.8) is 0 Å². The second kappa shape index (κ2) is 8.92. The number of imide groups is 1. The van der Waals surface area contributed by atoms with E-state index in [1.165, 1.54) is 16.7 Å². The molecule has 6 nitrogen and oxygen atoms in total. The fraction of sp³-hybridized carbons (Fsp3) is 0.733. The minimum atomic E-state index is -0.371. The number of thioether (sulfide) groups is 1. The maximum Gasteiger partial charge on any atom is 0.242 e. The molecule has 0 radical (unpaired) electrons. The van der Waals surface area contributed by atoms with Crippen LogP contribution in [0.3, 0.4) is 0 Å². The van der Waals surface area contributed by atoms with Crippen LogP contribution in [0.15, 0.2) is 0 Å². The molecule has 1 heterocycles. The third kappa shape index (κ3) is 5.44. The van der Waals surface area contributed by atoms with Gasteiger partial charge in [-0.1, -0.05) is 20.8 Å². The lowest BCUT2D eigenvalue weighted by molar-refractivity contribution is -0.138. The topological polar surface area (TPSA) is 83.6 Å². The lowest BCUT2D eigenvalue weighted by Crippen LogP contribution is -2.32. The highest BCUT2D eigenvalue weighted by molar-refractivity contribution is 8.00. The molecule has 0 aliphatic carbocycles. The van der Waals surface area contributed by atoms with Crippen LogP contribution in [-0.4, -0.2) is 52.5 Å². The molecule has 0 saturated carbocycles. The first-order valence-corrected chi connectivity index (χ1v) is 8.66. The lowest BCUT2D eigenvalue weighted by Gasteiger charge is -2.13. The number of carbonyl (C=O) groups is 4. The molecule has 0 spiro atoms. The van der Waals surface area contributed by atoms with E-state index >= 15 is 0 Å². The highest BCUT2D eigenvalue weighted by atomic mass is 32.2. The maximum atomic E-state index is 12.0. The second-order valence-electron chi connectivity index (χ2n) is 5.59. The van der Waals surface area contributed by atoms with Crippen LogP contribution in [0.25, 0.3) is 0 Å². The van der Waals surface area contributed by atoms with Crippen LogP contribution in [0.2, 0.25) is 0 Å². The van der Waals surface area contributed by atoms with Crippen LogP contribution in [0.1, 0.15) is 40.0 Å². The Hall–Kier alpha value is -1.37. The van der Waals surface area contributed by atoms with E-state index in [1.807, 2.05) is 6.92 Å². The van der Waals surface area contributed by atoms with Crippen molar-refractivity contribution in [2.45, 2.75) is 45.3 Å². The zero-order valence-electron chi connectivity index (χ0n) is 13.4. The van der Waals surface area contributed by atoms with E-state index in [1.54, 1.807) is 13.8 Å². The first-order chi connectivity index (χ1) is 10.4. The lowest BCUT2D eigenvalue weighted by atomic mass is 10.1. The van der Waals surface area contributed by atoms with Gasteiger partial charge in [0.05, 0.1) is 11.8 Å². The number of hydrogen-bond acceptors (Lipinski definition) is 5. The zero-order chi connectivity index (χ0) is 16.7. The molecule has 124 valence electrons. The number of Topliss-reactive ketones (excluding diaryl/α,β-unsaturated/α-hetero) is 1. The molecule has 0 aromatic rings. The van der Waals surface area contributed by atoms with Gasteiger partial charge in [0, 0.05) is 31.1 Å². The summed E-state index contributed by atoms with van der Waals surface area (Å²) in [6, 6.07) is 0. The monoisotopic (exact) mass is 328 g/mol. The number of ketones is 1. The molecule has 1 unspecified atom stereocenters. The highest BCUT2D eigenvalue weighted by Gasteiger charge is 2.37. The first kappa shape index (κ1) is 18.7. The average Bonchev–Trinajstić information content (AvgIpc) is 2.72. The Morgan fingerprint density at radius 1 is 1.36 bits per heavy atom. The van der Waals surface area contributed by atoms with Gasteiger partial charge < -0.3 is 5.32 Å². The van der Waals surface area contributed by atoms with Gasteiger partial charge in [-0.2, -0.15) is 0 Å². The highest BCUT2D eigenvalue weighted by Crippen LogP contribution is 2.25. The Morgan fingerprint density at radius 3 is 2.64 bits per heavy atom. The summed E-state index contributed by atoms with van der Waals surface area (Å²) in [4.78, 5) is 48.0. The first-order valence-electron chi connectivity index (χ1n) is 7.62. The van der Waals surface area contributed by atoms with E-state index in [0.717, 1.165) is 6.42 Å². The molecule has 1 rings (SSSR count). The summed E-state index contributed by atoms with van der Waals surface area (Å²) < 4.78 is 0. The van der Waals surface area contributed by atoms with Crippen molar-refractivity contribution in [1.29, 1.82) is 0 Å². The van der Waals surface area contributed by atoms with Gasteiger partial charge in [0.1, 0.15) is 0 Å². The van der Waals surface area contributed by atoms with E-state index in [0.29, 0.717) is 12.3 Å². The Kier molecular flexibility index (Phi) is 7.58. The number of nitrogens with zero attached hydrogens (tertiary/aromatic N) is 1. The number of amides is 3. The van der Waals surface area contributed by atoms with E-state index in [4.69, 9.17) is 0 Å². The van der Waals surface area contributed by atoms with E-state index < -0.39 is 0 Å². The molecule has 1 saturated heterocycles. The minimum Gasteiger partial charge on any atom is -0.349 e. The Bertz CT molecular complexity index is 451. The van der Waals surface area contributed by atoms with Gasteiger partial charge in [0.15, 0.2) is 5.78 Å². The summed E-state index contributed by atoms with van der Waals surface area (Å²) in [7, 11) is 0. The number of rotatable bonds is 9. The van der Waals surface area contributed by atoms with E-state index in [9.17, 15) is 19.2 Å². The fourth-order valence-electron chi connectivity index (χ4n) is 2.01. The summed E-state index contributed by atoms with van der Waals surface area (Å²) >= 11 is 1.34. The summed E-state index contributed by atoms with van der Waals surface area (Å²) in [6.07, 6.45) is 1.21. The van der Waals surface area contributed by atoms with Crippen molar-refractivity contribution in [2.75, 3.05) is 18.8 Å². The van der Waals surface area contributed by atoms with Gasteiger partial charge in [-0.05, 0) is 6.42 Å². The molecule has 3 amide bonds. The summed E-state index contributed by atoms with van der Waals surface area (Å²) in [5.74, 6) is -0.118. The molecule has 1 N–H and O–H groups in total. The van der Waals surface area contributed by atoms with Crippen LogP contribution in [0.5, 0.6) is 0 Å². The molecule has 1 fully saturated rings. The van der Waals surface area contributed by atoms with Crippen LogP contribution in [0, 0.1) is 5.92 Å². The van der Waals surface area contributed by atoms with Crippen molar-refractivity contribution in [3.8, 4) is 0 Å². The quantitative estimate of drug-likeness (QED) is 0.638. The number of nitrogens with one attached hydrogen (secondary N) is 1. The van der Waals surface area contributed by atoms with Crippen LogP contribution in [0.4, 0.5) is 0 Å². The van der Waals surface area contributed by atoms with Gasteiger partial charge in [-0.15, -0.1) is 11.8 Å². The predicted molar refractivity (Wildman–Crippen MR) is 85.3 cm³/mol. The molecule has 22 heavy (non-hydrogen) atoms. The minimum absolute atomic E-state index is 0.00669. The molecular formula is C15H24N2O4S. The summed E-state index contributed by atoms with van der Waals surface area (Å²) in [5, 5.41) is 2.20. The summed E-state index contributed by atoms with van der Waals surface area (Å²) in [6.45, 7) is 6.01. The Balaban J connectivity index is 2.27.